The molecule has 0 radical (unpaired) electrons. The molecule has 32 heavy (non-hydrogen) atoms. The number of ether oxygens (including phenoxy) is 1. The Morgan fingerprint density at radius 3 is 2.75 bits per heavy atom. The highest BCUT2D eigenvalue weighted by Crippen LogP contribution is 2.29. The van der Waals surface area contributed by atoms with Gasteiger partial charge in [-0.3, -0.25) is 10.1 Å². The molecule has 0 aliphatic rings. The number of carbonyl (C=O) groups is 1. The number of rotatable bonds is 4. The molecular weight excluding hydrogens is 605 g/mol. The molecule has 0 saturated heterocycles. The summed E-state index contributed by atoms with van der Waals surface area (Å²) in [6.45, 7) is 1.87. The molecule has 4 rings (SSSR count). The third-order valence-corrected chi connectivity index (χ3v) is 5.97. The van der Waals surface area contributed by atoms with Gasteiger partial charge in [0.2, 0.25) is 5.89 Å². The van der Waals surface area contributed by atoms with Crippen LogP contribution in [-0.2, 0) is 0 Å². The van der Waals surface area contributed by atoms with E-state index in [1.54, 1.807) is 6.07 Å². The summed E-state index contributed by atoms with van der Waals surface area (Å²) in [5.41, 5.74) is 4.16. The van der Waals surface area contributed by atoms with Crippen LogP contribution in [0.5, 0.6) is 5.75 Å². The van der Waals surface area contributed by atoms with Gasteiger partial charge in [-0.05, 0) is 95.8 Å². The molecule has 0 spiro atoms. The van der Waals surface area contributed by atoms with Crippen LogP contribution in [0.2, 0.25) is 0 Å². The van der Waals surface area contributed by atoms with Gasteiger partial charge in [0.1, 0.15) is 11.3 Å². The first-order valence-electron chi connectivity index (χ1n) is 9.47. The Hall–Kier alpha value is -2.50. The van der Waals surface area contributed by atoms with Gasteiger partial charge in [0.05, 0.1) is 12.7 Å². The summed E-state index contributed by atoms with van der Waals surface area (Å²) < 4.78 is 13.1. The smallest absolute Gasteiger partial charge is 0.261 e. The van der Waals surface area contributed by atoms with Gasteiger partial charge >= 0.3 is 0 Å². The highest BCUT2D eigenvalue weighted by molar-refractivity contribution is 14.1. The first-order valence-corrected chi connectivity index (χ1v) is 11.7. The van der Waals surface area contributed by atoms with E-state index in [9.17, 15) is 4.79 Å². The number of benzene rings is 3. The van der Waals surface area contributed by atoms with E-state index in [1.807, 2.05) is 55.5 Å². The van der Waals surface area contributed by atoms with Crippen molar-refractivity contribution in [2.45, 2.75) is 6.92 Å². The van der Waals surface area contributed by atoms with Crippen molar-refractivity contribution >= 4 is 78.5 Å². The highest BCUT2D eigenvalue weighted by atomic mass is 127. The second-order valence-electron chi connectivity index (χ2n) is 6.92. The van der Waals surface area contributed by atoms with Gasteiger partial charge in [0.25, 0.3) is 5.91 Å². The summed E-state index contributed by atoms with van der Waals surface area (Å²) in [5.74, 6) is 0.677. The van der Waals surface area contributed by atoms with Crippen LogP contribution in [0.25, 0.3) is 22.6 Å². The Bertz CT molecular complexity index is 1360. The van der Waals surface area contributed by atoms with E-state index < -0.39 is 0 Å². The zero-order valence-corrected chi connectivity index (χ0v) is 21.6. The fourth-order valence-electron chi connectivity index (χ4n) is 3.25. The highest BCUT2D eigenvalue weighted by Gasteiger charge is 2.17. The number of nitrogens with zero attached hydrogens (tertiary/aromatic N) is 1. The number of oxazole rings is 1. The first-order chi connectivity index (χ1) is 15.3. The number of halogens is 2. The van der Waals surface area contributed by atoms with Crippen LogP contribution in [0, 0.1) is 10.5 Å². The predicted molar refractivity (Wildman–Crippen MR) is 141 cm³/mol. The van der Waals surface area contributed by atoms with Crippen molar-refractivity contribution in [1.29, 1.82) is 0 Å². The van der Waals surface area contributed by atoms with Crippen molar-refractivity contribution < 1.29 is 13.9 Å². The molecule has 0 saturated carbocycles. The molecule has 3 aromatic carbocycles. The predicted octanol–water partition coefficient (Wildman–Crippen LogP) is 6.31. The molecular formula is C23H17BrIN3O3S. The van der Waals surface area contributed by atoms with Crippen LogP contribution in [0.3, 0.4) is 0 Å². The minimum atomic E-state index is -0.368. The molecule has 0 fully saturated rings. The molecule has 0 aliphatic heterocycles. The maximum absolute atomic E-state index is 12.8. The van der Waals surface area contributed by atoms with E-state index in [0.29, 0.717) is 34.0 Å². The maximum Gasteiger partial charge on any atom is 0.261 e. The van der Waals surface area contributed by atoms with E-state index in [2.05, 4.69) is 54.1 Å². The lowest BCUT2D eigenvalue weighted by Crippen LogP contribution is -2.34. The lowest BCUT2D eigenvalue weighted by atomic mass is 10.1. The molecule has 0 atom stereocenters. The average molecular weight is 622 g/mol. The van der Waals surface area contributed by atoms with Gasteiger partial charge in [-0.15, -0.1) is 0 Å². The Labute approximate surface area is 212 Å². The van der Waals surface area contributed by atoms with Gasteiger partial charge < -0.3 is 14.5 Å². The third-order valence-electron chi connectivity index (χ3n) is 4.63. The zero-order valence-electron chi connectivity index (χ0n) is 17.0. The largest absolute Gasteiger partial charge is 0.496 e. The van der Waals surface area contributed by atoms with Crippen molar-refractivity contribution in [2.24, 2.45) is 0 Å². The average Bonchev–Trinajstić information content (AvgIpc) is 3.16. The molecule has 4 aromatic rings. The number of fused-ring (bicyclic) bond motifs is 1. The lowest BCUT2D eigenvalue weighted by Gasteiger charge is -2.13. The molecule has 2 N–H and O–H groups in total. The summed E-state index contributed by atoms with van der Waals surface area (Å²) in [6.07, 6.45) is 0. The topological polar surface area (TPSA) is 76.4 Å². The van der Waals surface area contributed by atoms with Crippen molar-refractivity contribution in [2.75, 3.05) is 12.4 Å². The van der Waals surface area contributed by atoms with Gasteiger partial charge in [-0.1, -0.05) is 22.0 Å². The number of carbonyl (C=O) groups excluding carboxylic acids is 1. The number of methoxy groups -OCH3 is 1. The first kappa shape index (κ1) is 22.7. The number of thiocarbonyl (C=S) groups is 1. The molecule has 1 heterocycles. The van der Waals surface area contributed by atoms with Crippen LogP contribution in [0.4, 0.5) is 5.69 Å². The van der Waals surface area contributed by atoms with Gasteiger partial charge in [0, 0.05) is 19.3 Å². The molecule has 6 nitrogen and oxygen atoms in total. The summed E-state index contributed by atoms with van der Waals surface area (Å²) in [5, 5.41) is 5.88. The molecule has 0 unspecified atom stereocenters. The van der Waals surface area contributed by atoms with Crippen LogP contribution in [0.15, 0.2) is 63.5 Å². The Morgan fingerprint density at radius 2 is 2.00 bits per heavy atom. The van der Waals surface area contributed by atoms with E-state index in [4.69, 9.17) is 21.4 Å². The van der Waals surface area contributed by atoms with Crippen molar-refractivity contribution in [3.8, 4) is 17.2 Å². The number of nitrogens with one attached hydrogen (secondary N) is 2. The molecule has 1 amide bonds. The van der Waals surface area contributed by atoms with Gasteiger partial charge in [0.15, 0.2) is 10.7 Å². The Balaban J connectivity index is 1.51. The van der Waals surface area contributed by atoms with Gasteiger partial charge in [-0.25, -0.2) is 4.98 Å². The normalized spacial score (nSPS) is 10.8. The van der Waals surface area contributed by atoms with E-state index in [0.717, 1.165) is 19.2 Å². The zero-order chi connectivity index (χ0) is 22.8. The summed E-state index contributed by atoms with van der Waals surface area (Å²) in [7, 11) is 1.53. The van der Waals surface area contributed by atoms with Crippen molar-refractivity contribution in [3.05, 3.63) is 73.8 Å². The second-order valence-corrected chi connectivity index (χ2v) is 9.49. The van der Waals surface area contributed by atoms with Crippen molar-refractivity contribution in [1.82, 2.24) is 10.3 Å². The fourth-order valence-corrected chi connectivity index (χ4v) is 4.58. The second kappa shape index (κ2) is 9.55. The summed E-state index contributed by atoms with van der Waals surface area (Å²) in [4.78, 5) is 17.3. The number of anilines is 1. The fraction of sp³-hybridized carbons (Fsp3) is 0.0870. The van der Waals surface area contributed by atoms with Crippen LogP contribution < -0.4 is 15.4 Å². The molecule has 0 aliphatic carbocycles. The van der Waals surface area contributed by atoms with Gasteiger partial charge in [-0.2, -0.15) is 0 Å². The summed E-state index contributed by atoms with van der Waals surface area (Å²) >= 11 is 11.0. The minimum Gasteiger partial charge on any atom is -0.496 e. The maximum atomic E-state index is 12.8. The number of aryl methyl sites for hydroxylation is 1. The lowest BCUT2D eigenvalue weighted by molar-refractivity contribution is 0.0974. The molecule has 9 heteroatoms. The number of aromatic nitrogens is 1. The van der Waals surface area contributed by atoms with E-state index in [1.165, 1.54) is 7.11 Å². The number of amides is 1. The SMILES string of the molecule is COc1c(C)cc(Br)cc1C(=O)NC(=S)Nc1ccc2oc(-c3cccc(I)c3)nc2c1. The third kappa shape index (κ3) is 4.94. The summed E-state index contributed by atoms with van der Waals surface area (Å²) in [6, 6.07) is 16.9. The number of hydrogen-bond donors (Lipinski definition) is 2. The van der Waals surface area contributed by atoms with Crippen molar-refractivity contribution in [3.63, 3.8) is 0 Å². The van der Waals surface area contributed by atoms with E-state index in [-0.39, 0.29) is 11.0 Å². The molecule has 0 bridgehead atoms. The number of hydrogen-bond acceptors (Lipinski definition) is 5. The Morgan fingerprint density at radius 1 is 1.19 bits per heavy atom. The quantitative estimate of drug-likeness (QED) is 0.206. The molecule has 1 aromatic heterocycles. The molecule has 162 valence electrons. The minimum absolute atomic E-state index is 0.162. The van der Waals surface area contributed by atoms with Crippen LogP contribution in [0.1, 0.15) is 15.9 Å². The van der Waals surface area contributed by atoms with Crippen LogP contribution in [-0.4, -0.2) is 23.1 Å². The standard InChI is InChI=1S/C23H17BrIN3O3S/c1-12-8-14(24)10-17(20(12)30-2)21(29)28-23(32)26-16-6-7-19-18(11-16)27-22(31-19)13-4-3-5-15(25)9-13/h3-11H,1-2H3,(H2,26,28,29,32). The van der Waals surface area contributed by atoms with Crippen LogP contribution >= 0.6 is 50.7 Å². The Kier molecular flexibility index (Phi) is 6.77. The van der Waals surface area contributed by atoms with E-state index >= 15 is 0 Å². The monoisotopic (exact) mass is 621 g/mol.